The predicted molar refractivity (Wildman–Crippen MR) is 101 cm³/mol. The number of rotatable bonds is 3. The molecule has 0 bridgehead atoms. The molecule has 0 saturated carbocycles. The van der Waals surface area contributed by atoms with E-state index in [1.54, 1.807) is 0 Å². The molecule has 0 aromatic heterocycles. The first kappa shape index (κ1) is 17.3. The monoisotopic (exact) mass is 379 g/mol. The Morgan fingerprint density at radius 2 is 1.71 bits per heavy atom. The van der Waals surface area contributed by atoms with Gasteiger partial charge in [-0.2, -0.15) is 0 Å². The van der Waals surface area contributed by atoms with Crippen molar-refractivity contribution in [3.8, 4) is 11.1 Å². The van der Waals surface area contributed by atoms with Crippen LogP contribution in [-0.4, -0.2) is 53.5 Å². The van der Waals surface area contributed by atoms with Crippen LogP contribution in [0.25, 0.3) is 11.1 Å². The maximum absolute atomic E-state index is 12.9. The number of aliphatic carboxylic acids is 1. The van der Waals surface area contributed by atoms with Crippen LogP contribution in [0.3, 0.4) is 0 Å². The molecule has 2 aromatic carbocycles. The summed E-state index contributed by atoms with van der Waals surface area (Å²) in [4.78, 5) is 25.9. The molecule has 1 amide bonds. The number of nitrogens with zero attached hydrogens (tertiary/aromatic N) is 1. The van der Waals surface area contributed by atoms with Crippen molar-refractivity contribution in [3.63, 3.8) is 0 Å². The number of amides is 1. The van der Waals surface area contributed by atoms with Crippen LogP contribution in [0.5, 0.6) is 0 Å². The first-order valence-electron chi connectivity index (χ1n) is 9.63. The summed E-state index contributed by atoms with van der Waals surface area (Å²) in [7, 11) is 0. The normalized spacial score (nSPS) is 25.3. The van der Waals surface area contributed by atoms with Crippen molar-refractivity contribution in [1.29, 1.82) is 0 Å². The van der Waals surface area contributed by atoms with Gasteiger partial charge < -0.3 is 14.6 Å². The SMILES string of the molecule is O=C(O)[C@H]1C[C@H]2OCC[C@@H]2N1C(=O)OCC1c2ccccc2-c2ccccc21. The summed E-state index contributed by atoms with van der Waals surface area (Å²) < 4.78 is 11.3. The minimum Gasteiger partial charge on any atom is -0.480 e. The molecule has 0 radical (unpaired) electrons. The van der Waals surface area contributed by atoms with Gasteiger partial charge in [0.1, 0.15) is 12.6 Å². The number of hydrogen-bond donors (Lipinski definition) is 1. The second kappa shape index (κ2) is 6.63. The van der Waals surface area contributed by atoms with Gasteiger partial charge in [-0.15, -0.1) is 0 Å². The topological polar surface area (TPSA) is 76.1 Å². The third-order valence-corrected chi connectivity index (χ3v) is 6.16. The van der Waals surface area contributed by atoms with Crippen molar-refractivity contribution in [2.24, 2.45) is 0 Å². The van der Waals surface area contributed by atoms with Crippen LogP contribution in [0.1, 0.15) is 29.9 Å². The number of likely N-dealkylation sites (tertiary alicyclic amines) is 1. The van der Waals surface area contributed by atoms with Gasteiger partial charge >= 0.3 is 12.1 Å². The fourth-order valence-corrected chi connectivity index (χ4v) is 4.90. The second-order valence-electron chi connectivity index (χ2n) is 7.57. The summed E-state index contributed by atoms with van der Waals surface area (Å²) in [6.07, 6.45) is 0.205. The van der Waals surface area contributed by atoms with Crippen LogP contribution in [-0.2, 0) is 14.3 Å². The Labute approximate surface area is 162 Å². The summed E-state index contributed by atoms with van der Waals surface area (Å²) >= 11 is 0. The van der Waals surface area contributed by atoms with Gasteiger partial charge in [-0.25, -0.2) is 9.59 Å². The number of carboxylic acid groups (broad SMARTS) is 1. The molecular formula is C22H21NO5. The Morgan fingerprint density at radius 3 is 2.36 bits per heavy atom. The third kappa shape index (κ3) is 2.59. The van der Waals surface area contributed by atoms with E-state index in [9.17, 15) is 14.7 Å². The van der Waals surface area contributed by atoms with Crippen LogP contribution >= 0.6 is 0 Å². The van der Waals surface area contributed by atoms with Crippen LogP contribution in [0, 0.1) is 0 Å². The summed E-state index contributed by atoms with van der Waals surface area (Å²) in [5.74, 6) is -1.05. The fraction of sp³-hybridized carbons (Fsp3) is 0.364. The van der Waals surface area contributed by atoms with E-state index in [0.717, 1.165) is 22.3 Å². The molecule has 28 heavy (non-hydrogen) atoms. The molecule has 2 saturated heterocycles. The number of carbonyl (C=O) groups is 2. The average Bonchev–Trinajstić information content (AvgIpc) is 3.37. The highest BCUT2D eigenvalue weighted by Gasteiger charge is 2.50. The molecule has 1 N–H and O–H groups in total. The third-order valence-electron chi connectivity index (χ3n) is 6.16. The number of hydrogen-bond acceptors (Lipinski definition) is 4. The molecule has 2 fully saturated rings. The molecule has 144 valence electrons. The van der Waals surface area contributed by atoms with Gasteiger partial charge in [-0.3, -0.25) is 4.90 Å². The van der Waals surface area contributed by atoms with E-state index in [4.69, 9.17) is 9.47 Å². The van der Waals surface area contributed by atoms with Crippen LogP contribution < -0.4 is 0 Å². The van der Waals surface area contributed by atoms with Gasteiger partial charge in [-0.05, 0) is 28.7 Å². The number of fused-ring (bicyclic) bond motifs is 4. The minimum absolute atomic E-state index is 0.0437. The molecule has 3 atom stereocenters. The molecule has 3 aliphatic rings. The number of carbonyl (C=O) groups excluding carboxylic acids is 1. The Bertz CT molecular complexity index is 897. The van der Waals surface area contributed by atoms with Gasteiger partial charge in [0.15, 0.2) is 0 Å². The lowest BCUT2D eigenvalue weighted by atomic mass is 9.98. The van der Waals surface area contributed by atoms with Crippen LogP contribution in [0.15, 0.2) is 48.5 Å². The Morgan fingerprint density at radius 1 is 1.07 bits per heavy atom. The van der Waals surface area contributed by atoms with Crippen molar-refractivity contribution in [1.82, 2.24) is 4.90 Å². The maximum atomic E-state index is 12.9. The van der Waals surface area contributed by atoms with E-state index < -0.39 is 18.1 Å². The molecule has 2 aliphatic heterocycles. The molecule has 2 aromatic rings. The number of ether oxygens (including phenoxy) is 2. The highest BCUT2D eigenvalue weighted by atomic mass is 16.6. The van der Waals surface area contributed by atoms with Crippen LogP contribution in [0.2, 0.25) is 0 Å². The maximum Gasteiger partial charge on any atom is 0.410 e. The fourth-order valence-electron chi connectivity index (χ4n) is 4.90. The highest BCUT2D eigenvalue weighted by Crippen LogP contribution is 2.44. The molecule has 6 heteroatoms. The van der Waals surface area contributed by atoms with Gasteiger partial charge in [0.2, 0.25) is 0 Å². The molecule has 2 heterocycles. The Balaban J connectivity index is 1.37. The first-order chi connectivity index (χ1) is 13.6. The van der Waals surface area contributed by atoms with Crippen molar-refractivity contribution in [3.05, 3.63) is 59.7 Å². The van der Waals surface area contributed by atoms with E-state index in [1.807, 2.05) is 24.3 Å². The lowest BCUT2D eigenvalue weighted by Gasteiger charge is -2.26. The number of benzene rings is 2. The minimum atomic E-state index is -1.01. The summed E-state index contributed by atoms with van der Waals surface area (Å²) in [6.45, 7) is 0.739. The Kier molecular flexibility index (Phi) is 4.09. The van der Waals surface area contributed by atoms with Gasteiger partial charge in [0.05, 0.1) is 12.1 Å². The van der Waals surface area contributed by atoms with Gasteiger partial charge in [-0.1, -0.05) is 48.5 Å². The van der Waals surface area contributed by atoms with E-state index in [2.05, 4.69) is 24.3 Å². The molecular weight excluding hydrogens is 358 g/mol. The van der Waals surface area contributed by atoms with Crippen molar-refractivity contribution >= 4 is 12.1 Å². The molecule has 1 aliphatic carbocycles. The predicted octanol–water partition coefficient (Wildman–Crippen LogP) is 3.25. The highest BCUT2D eigenvalue weighted by molar-refractivity contribution is 5.82. The largest absolute Gasteiger partial charge is 0.480 e. The number of carboxylic acids is 1. The van der Waals surface area contributed by atoms with Gasteiger partial charge in [0, 0.05) is 18.9 Å². The average molecular weight is 379 g/mol. The molecule has 5 rings (SSSR count). The van der Waals surface area contributed by atoms with Crippen molar-refractivity contribution in [2.75, 3.05) is 13.2 Å². The lowest BCUT2D eigenvalue weighted by Crippen LogP contribution is -2.45. The van der Waals surface area contributed by atoms with Crippen LogP contribution in [0.4, 0.5) is 4.79 Å². The zero-order chi connectivity index (χ0) is 19.3. The van der Waals surface area contributed by atoms with Gasteiger partial charge in [0.25, 0.3) is 0 Å². The molecule has 0 spiro atoms. The zero-order valence-electron chi connectivity index (χ0n) is 15.3. The van der Waals surface area contributed by atoms with Crippen molar-refractivity contribution < 1.29 is 24.2 Å². The smallest absolute Gasteiger partial charge is 0.410 e. The standard InChI is InChI=1S/C22H21NO5/c24-21(25)19-11-20-18(9-10-27-20)23(19)22(26)28-12-17-15-7-3-1-5-13(15)14-6-2-4-8-16(14)17/h1-8,17-20H,9-12H2,(H,24,25)/t18-,19+,20+/m0/s1. The summed E-state index contributed by atoms with van der Waals surface area (Å²) in [5, 5.41) is 9.52. The van der Waals surface area contributed by atoms with Crippen molar-refractivity contribution in [2.45, 2.75) is 36.9 Å². The first-order valence-corrected chi connectivity index (χ1v) is 9.63. The second-order valence-corrected chi connectivity index (χ2v) is 7.57. The summed E-state index contributed by atoms with van der Waals surface area (Å²) in [5.41, 5.74) is 4.59. The van der Waals surface area contributed by atoms with E-state index in [0.29, 0.717) is 19.4 Å². The van der Waals surface area contributed by atoms with E-state index in [-0.39, 0.29) is 24.7 Å². The molecule has 6 nitrogen and oxygen atoms in total. The zero-order valence-corrected chi connectivity index (χ0v) is 15.3. The van der Waals surface area contributed by atoms with E-state index >= 15 is 0 Å². The quantitative estimate of drug-likeness (QED) is 0.886. The van der Waals surface area contributed by atoms with E-state index in [1.165, 1.54) is 4.90 Å². The lowest BCUT2D eigenvalue weighted by molar-refractivity contribution is -0.142. The molecule has 0 unspecified atom stereocenters. The Hall–Kier alpha value is -2.86. The summed E-state index contributed by atoms with van der Waals surface area (Å²) in [6, 6.07) is 15.2.